The highest BCUT2D eigenvalue weighted by molar-refractivity contribution is 5.41. The topological polar surface area (TPSA) is 36.3 Å². The van der Waals surface area contributed by atoms with Crippen molar-refractivity contribution in [2.24, 2.45) is 0 Å². The van der Waals surface area contributed by atoms with Crippen LogP contribution in [0.25, 0.3) is 0 Å². The number of nitriles is 1. The molecule has 3 heteroatoms. The summed E-state index contributed by atoms with van der Waals surface area (Å²) >= 11 is 0. The Hall–Kier alpha value is -2.31. The highest BCUT2D eigenvalue weighted by Crippen LogP contribution is 2.40. The summed E-state index contributed by atoms with van der Waals surface area (Å²) in [5, 5.41) is 9.13. The van der Waals surface area contributed by atoms with E-state index in [0.29, 0.717) is 6.04 Å². The predicted molar refractivity (Wildman–Crippen MR) is 115 cm³/mol. The normalized spacial score (nSPS) is 23.0. The lowest BCUT2D eigenvalue weighted by molar-refractivity contribution is -0.0259. The number of hydrogen-bond donors (Lipinski definition) is 0. The molecule has 150 valence electrons. The molecule has 3 aliphatic rings. The van der Waals surface area contributed by atoms with Crippen LogP contribution in [0.5, 0.6) is 5.75 Å². The molecule has 0 aromatic heterocycles. The second kappa shape index (κ2) is 7.50. The average Bonchev–Trinajstić information content (AvgIpc) is 2.78. The third-order valence-corrected chi connectivity index (χ3v) is 7.47. The molecule has 1 spiro atoms. The molecule has 1 aliphatic carbocycles. The SMILES string of the molecule is CCc1ccc2c(c1)CCC1(CCN(C3CCc4cc(C#N)ccc4C3)CC1)O2. The molecule has 1 saturated heterocycles. The van der Waals surface area contributed by atoms with E-state index in [1.807, 2.05) is 6.07 Å². The molecule has 2 aliphatic heterocycles. The number of aryl methyl sites for hydroxylation is 3. The molecule has 1 fully saturated rings. The van der Waals surface area contributed by atoms with Crippen LogP contribution < -0.4 is 4.74 Å². The largest absolute Gasteiger partial charge is 0.487 e. The Morgan fingerprint density at radius 2 is 1.90 bits per heavy atom. The summed E-state index contributed by atoms with van der Waals surface area (Å²) in [5.74, 6) is 1.13. The van der Waals surface area contributed by atoms with Crippen molar-refractivity contribution in [1.82, 2.24) is 4.90 Å². The van der Waals surface area contributed by atoms with Crippen LogP contribution in [0.2, 0.25) is 0 Å². The maximum absolute atomic E-state index is 9.13. The van der Waals surface area contributed by atoms with Gasteiger partial charge in [0.05, 0.1) is 11.6 Å². The number of fused-ring (bicyclic) bond motifs is 2. The zero-order valence-electron chi connectivity index (χ0n) is 17.4. The van der Waals surface area contributed by atoms with Gasteiger partial charge in [0, 0.05) is 19.1 Å². The van der Waals surface area contributed by atoms with Crippen molar-refractivity contribution in [3.8, 4) is 11.8 Å². The van der Waals surface area contributed by atoms with Crippen LogP contribution in [0.3, 0.4) is 0 Å². The minimum Gasteiger partial charge on any atom is -0.487 e. The third-order valence-electron chi connectivity index (χ3n) is 7.47. The van der Waals surface area contributed by atoms with Crippen LogP contribution in [0.15, 0.2) is 36.4 Å². The first-order chi connectivity index (χ1) is 14.2. The van der Waals surface area contributed by atoms with E-state index in [1.165, 1.54) is 28.7 Å². The summed E-state index contributed by atoms with van der Waals surface area (Å²) in [6, 6.07) is 15.9. The zero-order chi connectivity index (χ0) is 19.8. The van der Waals surface area contributed by atoms with Gasteiger partial charge in [-0.25, -0.2) is 0 Å². The lowest BCUT2D eigenvalue weighted by atomic mass is 9.80. The Kier molecular flexibility index (Phi) is 4.84. The molecule has 0 amide bonds. The highest BCUT2D eigenvalue weighted by atomic mass is 16.5. The van der Waals surface area contributed by atoms with E-state index >= 15 is 0 Å². The molecular formula is C26H30N2O. The number of nitrogens with zero attached hydrogens (tertiary/aromatic N) is 2. The fourth-order valence-corrected chi connectivity index (χ4v) is 5.56. The number of likely N-dealkylation sites (tertiary alicyclic amines) is 1. The van der Waals surface area contributed by atoms with Crippen molar-refractivity contribution in [2.75, 3.05) is 13.1 Å². The molecule has 0 N–H and O–H groups in total. The molecule has 3 nitrogen and oxygen atoms in total. The zero-order valence-corrected chi connectivity index (χ0v) is 17.4. The van der Waals surface area contributed by atoms with Crippen LogP contribution >= 0.6 is 0 Å². The van der Waals surface area contributed by atoms with Crippen LogP contribution in [-0.2, 0) is 25.7 Å². The van der Waals surface area contributed by atoms with Crippen LogP contribution in [-0.4, -0.2) is 29.6 Å². The second-order valence-corrected chi connectivity index (χ2v) is 9.11. The number of hydrogen-bond acceptors (Lipinski definition) is 3. The fourth-order valence-electron chi connectivity index (χ4n) is 5.56. The lowest BCUT2D eigenvalue weighted by Crippen LogP contribution is -2.53. The fraction of sp³-hybridized carbons (Fsp3) is 0.500. The van der Waals surface area contributed by atoms with Gasteiger partial charge in [0.1, 0.15) is 11.4 Å². The van der Waals surface area contributed by atoms with Gasteiger partial charge in [-0.15, -0.1) is 0 Å². The van der Waals surface area contributed by atoms with Crippen molar-refractivity contribution in [3.05, 3.63) is 64.2 Å². The minimum atomic E-state index is 0.0471. The Morgan fingerprint density at radius 3 is 2.69 bits per heavy atom. The quantitative estimate of drug-likeness (QED) is 0.741. The number of rotatable bonds is 2. The van der Waals surface area contributed by atoms with Gasteiger partial charge in [0.15, 0.2) is 0 Å². The molecule has 0 bridgehead atoms. The summed E-state index contributed by atoms with van der Waals surface area (Å²) in [7, 11) is 0. The summed E-state index contributed by atoms with van der Waals surface area (Å²) < 4.78 is 6.62. The molecule has 2 heterocycles. The van der Waals surface area contributed by atoms with Crippen LogP contribution in [0.4, 0.5) is 0 Å². The van der Waals surface area contributed by atoms with Gasteiger partial charge in [0.25, 0.3) is 0 Å². The van der Waals surface area contributed by atoms with E-state index in [-0.39, 0.29) is 5.60 Å². The van der Waals surface area contributed by atoms with Crippen LogP contribution in [0.1, 0.15) is 60.4 Å². The lowest BCUT2D eigenvalue weighted by Gasteiger charge is -2.47. The molecule has 5 rings (SSSR count). The van der Waals surface area contributed by atoms with Crippen molar-refractivity contribution < 1.29 is 4.74 Å². The van der Waals surface area contributed by atoms with Crippen molar-refractivity contribution in [2.45, 2.75) is 69.9 Å². The molecule has 1 atom stereocenters. The standard InChI is InChI=1S/C26H30N2O/c1-2-19-4-8-25-23(15-19)9-10-26(29-25)11-13-28(14-12-26)24-7-6-21-16-20(18-27)3-5-22(21)17-24/h3-5,8,15-16,24H,2,6-7,9-14,17H2,1H3. The van der Waals surface area contributed by atoms with Crippen molar-refractivity contribution in [3.63, 3.8) is 0 Å². The first kappa shape index (κ1) is 18.7. The van der Waals surface area contributed by atoms with Gasteiger partial charge in [-0.05, 0) is 91.8 Å². The molecule has 2 aromatic rings. The summed E-state index contributed by atoms with van der Waals surface area (Å²) in [6.45, 7) is 4.49. The minimum absolute atomic E-state index is 0.0471. The van der Waals surface area contributed by atoms with Gasteiger partial charge in [-0.1, -0.05) is 25.1 Å². The maximum Gasteiger partial charge on any atom is 0.123 e. The Balaban J connectivity index is 1.23. The van der Waals surface area contributed by atoms with E-state index in [2.05, 4.69) is 48.2 Å². The second-order valence-electron chi connectivity index (χ2n) is 9.11. The summed E-state index contributed by atoms with van der Waals surface area (Å²) in [4.78, 5) is 2.70. The molecule has 2 aromatic carbocycles. The average molecular weight is 387 g/mol. The Labute approximate surface area is 174 Å². The molecule has 1 unspecified atom stereocenters. The Morgan fingerprint density at radius 1 is 1.03 bits per heavy atom. The number of piperidine rings is 1. The Bertz CT molecular complexity index is 950. The summed E-state index contributed by atoms with van der Waals surface area (Å²) in [5.41, 5.74) is 6.48. The monoisotopic (exact) mass is 386 g/mol. The smallest absolute Gasteiger partial charge is 0.123 e. The molecule has 0 radical (unpaired) electrons. The van der Waals surface area contributed by atoms with E-state index in [9.17, 15) is 0 Å². The predicted octanol–water partition coefficient (Wildman–Crippen LogP) is 4.84. The van der Waals surface area contributed by atoms with Gasteiger partial charge in [-0.3, -0.25) is 4.90 Å². The first-order valence-electron chi connectivity index (χ1n) is 11.2. The van der Waals surface area contributed by atoms with Gasteiger partial charge in [-0.2, -0.15) is 5.26 Å². The van der Waals surface area contributed by atoms with Crippen molar-refractivity contribution >= 4 is 0 Å². The van der Waals surface area contributed by atoms with Crippen molar-refractivity contribution in [1.29, 1.82) is 5.26 Å². The molecule has 29 heavy (non-hydrogen) atoms. The van der Waals surface area contributed by atoms with Gasteiger partial charge in [0.2, 0.25) is 0 Å². The van der Waals surface area contributed by atoms with E-state index in [1.54, 1.807) is 0 Å². The van der Waals surface area contributed by atoms with E-state index in [4.69, 9.17) is 10.00 Å². The van der Waals surface area contributed by atoms with Gasteiger partial charge < -0.3 is 4.74 Å². The maximum atomic E-state index is 9.13. The highest BCUT2D eigenvalue weighted by Gasteiger charge is 2.41. The third kappa shape index (κ3) is 3.55. The van der Waals surface area contributed by atoms with E-state index in [0.717, 1.165) is 69.3 Å². The molecular weight excluding hydrogens is 356 g/mol. The van der Waals surface area contributed by atoms with E-state index < -0.39 is 0 Å². The summed E-state index contributed by atoms with van der Waals surface area (Å²) in [6.07, 6.45) is 9.11. The van der Waals surface area contributed by atoms with Gasteiger partial charge >= 0.3 is 0 Å². The first-order valence-corrected chi connectivity index (χ1v) is 11.2. The number of benzene rings is 2. The van der Waals surface area contributed by atoms with Crippen LogP contribution in [0, 0.1) is 11.3 Å². The molecule has 0 saturated carbocycles. The number of ether oxygens (including phenoxy) is 1.